The number of fused-ring (bicyclic) bond motifs is 1. The van der Waals surface area contributed by atoms with Gasteiger partial charge in [0.25, 0.3) is 5.91 Å². The fourth-order valence-corrected chi connectivity index (χ4v) is 4.60. The lowest BCUT2D eigenvalue weighted by molar-refractivity contribution is -0.132. The zero-order chi connectivity index (χ0) is 25.1. The van der Waals surface area contributed by atoms with E-state index in [4.69, 9.17) is 0 Å². The molecule has 4 heterocycles. The first-order valence-corrected chi connectivity index (χ1v) is 12.1. The van der Waals surface area contributed by atoms with Crippen LogP contribution in [0, 0.1) is 0 Å². The molecule has 2 aromatic heterocycles. The zero-order valence-corrected chi connectivity index (χ0v) is 20.1. The van der Waals surface area contributed by atoms with Crippen molar-refractivity contribution in [3.8, 4) is 11.3 Å². The Morgan fingerprint density at radius 3 is 2.81 bits per heavy atom. The normalized spacial score (nSPS) is 16.7. The molecule has 1 atom stereocenters. The number of hydrogen-bond acceptors (Lipinski definition) is 8. The van der Waals surface area contributed by atoms with E-state index in [0.717, 1.165) is 35.5 Å². The second-order valence-electron chi connectivity index (χ2n) is 9.30. The van der Waals surface area contributed by atoms with E-state index in [-0.39, 0.29) is 30.1 Å². The van der Waals surface area contributed by atoms with Gasteiger partial charge in [-0.1, -0.05) is 30.3 Å². The number of carbonyl (C=O) groups excluding carboxylic acids is 2. The van der Waals surface area contributed by atoms with Crippen LogP contribution in [0.3, 0.4) is 0 Å². The van der Waals surface area contributed by atoms with E-state index in [1.807, 2.05) is 30.3 Å². The van der Waals surface area contributed by atoms with Gasteiger partial charge in [0, 0.05) is 75.5 Å². The highest BCUT2D eigenvalue weighted by molar-refractivity contribution is 5.92. The lowest BCUT2D eigenvalue weighted by Gasteiger charge is -2.39. The number of aliphatic hydroxyl groups is 1. The molecule has 5 rings (SSSR count). The van der Waals surface area contributed by atoms with Crippen molar-refractivity contribution in [1.82, 2.24) is 35.3 Å². The molecule has 1 aromatic carbocycles. The molecule has 2 amide bonds. The van der Waals surface area contributed by atoms with Gasteiger partial charge in [0.05, 0.1) is 17.8 Å². The molecule has 36 heavy (non-hydrogen) atoms. The molecule has 3 aromatic rings. The molecule has 1 saturated heterocycles. The number of anilines is 1. The van der Waals surface area contributed by atoms with Crippen molar-refractivity contribution >= 4 is 17.6 Å². The molecule has 2 aliphatic rings. The van der Waals surface area contributed by atoms with Crippen LogP contribution in [-0.4, -0.2) is 91.8 Å². The Bertz CT molecular complexity index is 1230. The molecule has 1 fully saturated rings. The van der Waals surface area contributed by atoms with Crippen LogP contribution < -0.4 is 10.6 Å². The number of nitrogens with zero attached hydrogens (tertiary/aromatic N) is 5. The summed E-state index contributed by atoms with van der Waals surface area (Å²) in [7, 11) is 0. The molecule has 0 spiro atoms. The molecule has 4 N–H and O–H groups in total. The summed E-state index contributed by atoms with van der Waals surface area (Å²) in [6.07, 6.45) is 1.43. The monoisotopic (exact) mass is 490 g/mol. The van der Waals surface area contributed by atoms with Crippen LogP contribution in [0.2, 0.25) is 0 Å². The predicted molar refractivity (Wildman–Crippen MR) is 133 cm³/mol. The van der Waals surface area contributed by atoms with Gasteiger partial charge in [-0.2, -0.15) is 5.10 Å². The first-order valence-electron chi connectivity index (χ1n) is 12.1. The molecular weight excluding hydrogens is 460 g/mol. The van der Waals surface area contributed by atoms with Crippen LogP contribution in [0.5, 0.6) is 0 Å². The molecule has 0 aliphatic carbocycles. The number of β-amino-alcohol motifs (C(OH)–C–C–N with tert-alkyl or cyclic N) is 1. The first kappa shape index (κ1) is 23.9. The minimum Gasteiger partial charge on any atom is -0.390 e. The number of benzene rings is 1. The first-order chi connectivity index (χ1) is 17.5. The SMILES string of the molecule is CC(=O)N1CC(Nc2cc(C(=O)NCC(O)CN3CCc4[nH]nc(-c5ccccc5)c4C3)ncn2)C1. The molecule has 2 aliphatic heterocycles. The standard InChI is InChI=1S/C25H30N8O3/c1-16(34)33-11-18(12-33)29-23-9-22(27-15-28-23)25(36)26-10-19(35)13-32-8-7-21-20(14-32)24(31-30-21)17-5-3-2-4-6-17/h2-6,9,15,18-19,35H,7-8,10-14H2,1H3,(H,26,36)(H,30,31)(H,27,28,29). The topological polar surface area (TPSA) is 139 Å². The third-order valence-corrected chi connectivity index (χ3v) is 6.61. The van der Waals surface area contributed by atoms with Gasteiger partial charge < -0.3 is 20.6 Å². The fraction of sp³-hybridized carbons (Fsp3) is 0.400. The lowest BCUT2D eigenvalue weighted by Crippen LogP contribution is -2.56. The largest absolute Gasteiger partial charge is 0.390 e. The van der Waals surface area contributed by atoms with E-state index in [2.05, 4.69) is 35.7 Å². The van der Waals surface area contributed by atoms with Gasteiger partial charge in [0.2, 0.25) is 5.91 Å². The van der Waals surface area contributed by atoms with Gasteiger partial charge in [0.15, 0.2) is 0 Å². The zero-order valence-electron chi connectivity index (χ0n) is 20.1. The molecule has 11 heteroatoms. The van der Waals surface area contributed by atoms with E-state index < -0.39 is 6.10 Å². The summed E-state index contributed by atoms with van der Waals surface area (Å²) in [5.41, 5.74) is 4.52. The smallest absolute Gasteiger partial charge is 0.270 e. The maximum Gasteiger partial charge on any atom is 0.270 e. The van der Waals surface area contributed by atoms with Crippen LogP contribution in [0.4, 0.5) is 5.82 Å². The number of rotatable bonds is 8. The number of aromatic nitrogens is 4. The van der Waals surface area contributed by atoms with Crippen molar-refractivity contribution in [1.29, 1.82) is 0 Å². The number of aromatic amines is 1. The van der Waals surface area contributed by atoms with E-state index in [1.165, 1.54) is 6.33 Å². The maximum absolute atomic E-state index is 12.6. The van der Waals surface area contributed by atoms with Gasteiger partial charge in [-0.05, 0) is 0 Å². The average Bonchev–Trinajstić information content (AvgIpc) is 3.28. The Kier molecular flexibility index (Phi) is 6.92. The van der Waals surface area contributed by atoms with Gasteiger partial charge in [-0.3, -0.25) is 19.6 Å². The minimum absolute atomic E-state index is 0.0424. The molecule has 188 valence electrons. The van der Waals surface area contributed by atoms with Crippen molar-refractivity contribution in [3.05, 3.63) is 59.7 Å². The quantitative estimate of drug-likeness (QED) is 0.361. The fourth-order valence-electron chi connectivity index (χ4n) is 4.60. The summed E-state index contributed by atoms with van der Waals surface area (Å²) >= 11 is 0. The number of carbonyl (C=O) groups is 2. The van der Waals surface area contributed by atoms with Crippen molar-refractivity contribution < 1.29 is 14.7 Å². The summed E-state index contributed by atoms with van der Waals surface area (Å²) < 4.78 is 0. The van der Waals surface area contributed by atoms with E-state index in [1.54, 1.807) is 17.9 Å². The third kappa shape index (κ3) is 5.37. The van der Waals surface area contributed by atoms with E-state index >= 15 is 0 Å². The third-order valence-electron chi connectivity index (χ3n) is 6.61. The molecule has 0 saturated carbocycles. The highest BCUT2D eigenvalue weighted by Gasteiger charge is 2.29. The van der Waals surface area contributed by atoms with Crippen LogP contribution in [-0.2, 0) is 17.8 Å². The average molecular weight is 491 g/mol. The summed E-state index contributed by atoms with van der Waals surface area (Å²) in [6.45, 7) is 4.79. The highest BCUT2D eigenvalue weighted by atomic mass is 16.3. The number of likely N-dealkylation sites (tertiary alicyclic amines) is 1. The van der Waals surface area contributed by atoms with Crippen molar-refractivity contribution in [3.63, 3.8) is 0 Å². The Labute approximate surface area is 208 Å². The Hall–Kier alpha value is -3.83. The van der Waals surface area contributed by atoms with E-state index in [0.29, 0.717) is 32.0 Å². The number of amides is 2. The summed E-state index contributed by atoms with van der Waals surface area (Å²) in [5, 5.41) is 24.3. The van der Waals surface area contributed by atoms with Gasteiger partial charge >= 0.3 is 0 Å². The Balaban J connectivity index is 1.11. The summed E-state index contributed by atoms with van der Waals surface area (Å²) in [5.74, 6) is 0.198. The Morgan fingerprint density at radius 2 is 2.03 bits per heavy atom. The second kappa shape index (κ2) is 10.4. The van der Waals surface area contributed by atoms with Crippen molar-refractivity contribution in [2.45, 2.75) is 32.0 Å². The van der Waals surface area contributed by atoms with Gasteiger partial charge in [0.1, 0.15) is 17.8 Å². The van der Waals surface area contributed by atoms with Crippen LogP contribution >= 0.6 is 0 Å². The lowest BCUT2D eigenvalue weighted by atomic mass is 10.0. The number of hydrogen-bond donors (Lipinski definition) is 4. The summed E-state index contributed by atoms with van der Waals surface area (Å²) in [6, 6.07) is 11.7. The highest BCUT2D eigenvalue weighted by Crippen LogP contribution is 2.28. The maximum atomic E-state index is 12.6. The second-order valence-corrected chi connectivity index (χ2v) is 9.30. The predicted octanol–water partition coefficient (Wildman–Crippen LogP) is 0.658. The minimum atomic E-state index is -0.727. The molecule has 0 radical (unpaired) electrons. The van der Waals surface area contributed by atoms with Crippen LogP contribution in [0.1, 0.15) is 28.7 Å². The molecular formula is C25H30N8O3. The van der Waals surface area contributed by atoms with E-state index in [9.17, 15) is 14.7 Å². The molecule has 1 unspecified atom stereocenters. The molecule has 0 bridgehead atoms. The van der Waals surface area contributed by atoms with Gasteiger partial charge in [-0.25, -0.2) is 9.97 Å². The van der Waals surface area contributed by atoms with Crippen LogP contribution in [0.15, 0.2) is 42.7 Å². The molecule has 11 nitrogen and oxygen atoms in total. The Morgan fingerprint density at radius 1 is 1.22 bits per heavy atom. The summed E-state index contributed by atoms with van der Waals surface area (Å²) in [4.78, 5) is 36.1. The van der Waals surface area contributed by atoms with Crippen molar-refractivity contribution in [2.75, 3.05) is 38.0 Å². The van der Waals surface area contributed by atoms with Gasteiger partial charge in [-0.15, -0.1) is 0 Å². The number of aliphatic hydroxyl groups excluding tert-OH is 1. The number of H-pyrrole nitrogens is 1. The number of nitrogens with one attached hydrogen (secondary N) is 3. The van der Waals surface area contributed by atoms with Crippen LogP contribution in [0.25, 0.3) is 11.3 Å². The van der Waals surface area contributed by atoms with Crippen molar-refractivity contribution in [2.24, 2.45) is 0 Å².